The first-order valence-corrected chi connectivity index (χ1v) is 7.68. The topological polar surface area (TPSA) is 56.7 Å². The van der Waals surface area contributed by atoms with E-state index >= 15 is 0 Å². The third-order valence-electron chi connectivity index (χ3n) is 3.79. The van der Waals surface area contributed by atoms with Gasteiger partial charge in [0.25, 0.3) is 0 Å². The normalized spacial score (nSPS) is 13.0. The lowest BCUT2D eigenvalue weighted by atomic mass is 10.2. The van der Waals surface area contributed by atoms with Crippen LogP contribution in [0.25, 0.3) is 21.9 Å². The summed E-state index contributed by atoms with van der Waals surface area (Å²) >= 11 is 1.73. The summed E-state index contributed by atoms with van der Waals surface area (Å²) in [6.07, 6.45) is 1.80. The first kappa shape index (κ1) is 12.3. The molecule has 5 heteroatoms. The quantitative estimate of drug-likeness (QED) is 0.611. The van der Waals surface area contributed by atoms with Gasteiger partial charge >= 0.3 is 0 Å². The minimum atomic E-state index is 0.154. The molecule has 2 N–H and O–H groups in total. The van der Waals surface area contributed by atoms with Crippen LogP contribution in [0.2, 0.25) is 0 Å². The van der Waals surface area contributed by atoms with Gasteiger partial charge in [0, 0.05) is 10.3 Å². The van der Waals surface area contributed by atoms with E-state index in [-0.39, 0.29) is 6.04 Å². The molecule has 4 rings (SSSR count). The molecule has 4 aromatic rings. The molecule has 0 radical (unpaired) electrons. The van der Waals surface area contributed by atoms with E-state index in [2.05, 4.69) is 45.0 Å². The van der Waals surface area contributed by atoms with Gasteiger partial charge in [-0.3, -0.25) is 4.98 Å². The number of nitrogen functional groups attached to an aromatic ring is 1. The minimum absolute atomic E-state index is 0.154. The Kier molecular flexibility index (Phi) is 2.68. The van der Waals surface area contributed by atoms with Gasteiger partial charge in [0.2, 0.25) is 5.95 Å². The second kappa shape index (κ2) is 4.56. The van der Waals surface area contributed by atoms with E-state index in [1.54, 1.807) is 17.5 Å². The van der Waals surface area contributed by atoms with Crippen LogP contribution >= 0.6 is 11.3 Å². The van der Waals surface area contributed by atoms with Gasteiger partial charge in [-0.2, -0.15) is 0 Å². The second-order valence-electron chi connectivity index (χ2n) is 5.04. The van der Waals surface area contributed by atoms with Gasteiger partial charge in [0.05, 0.1) is 23.3 Å². The molecule has 0 aliphatic heterocycles. The van der Waals surface area contributed by atoms with Crippen LogP contribution < -0.4 is 5.73 Å². The highest BCUT2D eigenvalue weighted by molar-refractivity contribution is 7.10. The third kappa shape index (κ3) is 1.81. The number of imidazole rings is 1. The van der Waals surface area contributed by atoms with Crippen molar-refractivity contribution in [2.24, 2.45) is 0 Å². The molecule has 3 aromatic heterocycles. The van der Waals surface area contributed by atoms with Crippen molar-refractivity contribution in [3.05, 3.63) is 52.9 Å². The van der Waals surface area contributed by atoms with Crippen molar-refractivity contribution in [1.29, 1.82) is 0 Å². The highest BCUT2D eigenvalue weighted by Crippen LogP contribution is 2.32. The Morgan fingerprint density at radius 1 is 1.14 bits per heavy atom. The maximum Gasteiger partial charge on any atom is 0.201 e. The van der Waals surface area contributed by atoms with Gasteiger partial charge in [-0.15, -0.1) is 11.3 Å². The van der Waals surface area contributed by atoms with Crippen LogP contribution in [-0.2, 0) is 0 Å². The number of hydrogen-bond donors (Lipinski definition) is 1. The number of thiophene rings is 1. The van der Waals surface area contributed by atoms with E-state index in [9.17, 15) is 0 Å². The van der Waals surface area contributed by atoms with Gasteiger partial charge in [0.1, 0.15) is 5.52 Å². The molecular formula is C16H14N4S. The molecule has 0 fully saturated rings. The lowest BCUT2D eigenvalue weighted by Gasteiger charge is -2.15. The molecular weight excluding hydrogens is 280 g/mol. The van der Waals surface area contributed by atoms with Crippen molar-refractivity contribution in [2.45, 2.75) is 13.0 Å². The van der Waals surface area contributed by atoms with Crippen LogP contribution in [0.1, 0.15) is 17.8 Å². The van der Waals surface area contributed by atoms with Gasteiger partial charge < -0.3 is 10.3 Å². The Morgan fingerprint density at radius 3 is 2.81 bits per heavy atom. The van der Waals surface area contributed by atoms with Gasteiger partial charge in [-0.1, -0.05) is 24.3 Å². The molecule has 0 aliphatic rings. The maximum atomic E-state index is 6.18. The number of nitrogens with two attached hydrogens (primary N) is 1. The minimum Gasteiger partial charge on any atom is -0.369 e. The molecule has 0 spiro atoms. The number of hydrogen-bond acceptors (Lipinski definition) is 4. The highest BCUT2D eigenvalue weighted by Gasteiger charge is 2.18. The molecule has 0 saturated carbocycles. The summed E-state index contributed by atoms with van der Waals surface area (Å²) in [6, 6.07) is 12.4. The summed E-state index contributed by atoms with van der Waals surface area (Å²) in [5, 5.41) is 3.17. The third-order valence-corrected chi connectivity index (χ3v) is 4.84. The van der Waals surface area contributed by atoms with Crippen molar-refractivity contribution in [3.63, 3.8) is 0 Å². The summed E-state index contributed by atoms with van der Waals surface area (Å²) in [7, 11) is 0. The zero-order chi connectivity index (χ0) is 14.4. The number of anilines is 1. The lowest BCUT2D eigenvalue weighted by Crippen LogP contribution is -2.09. The number of aromatic nitrogens is 3. The molecule has 0 bridgehead atoms. The van der Waals surface area contributed by atoms with Crippen LogP contribution in [0.4, 0.5) is 5.95 Å². The van der Waals surface area contributed by atoms with Crippen LogP contribution in [-0.4, -0.2) is 14.5 Å². The zero-order valence-electron chi connectivity index (χ0n) is 11.5. The zero-order valence-corrected chi connectivity index (χ0v) is 12.3. The largest absolute Gasteiger partial charge is 0.369 e. The summed E-state index contributed by atoms with van der Waals surface area (Å²) in [5.41, 5.74) is 9.04. The van der Waals surface area contributed by atoms with Gasteiger partial charge in [0.15, 0.2) is 0 Å². The molecule has 21 heavy (non-hydrogen) atoms. The fourth-order valence-corrected chi connectivity index (χ4v) is 3.57. The van der Waals surface area contributed by atoms with E-state index < -0.39 is 0 Å². The van der Waals surface area contributed by atoms with Crippen LogP contribution in [0, 0.1) is 0 Å². The van der Waals surface area contributed by atoms with Crippen LogP contribution in [0.3, 0.4) is 0 Å². The molecule has 1 atom stereocenters. The molecule has 4 nitrogen and oxygen atoms in total. The van der Waals surface area contributed by atoms with Gasteiger partial charge in [-0.25, -0.2) is 4.98 Å². The standard InChI is InChI=1S/C16H14N4S/c1-10(14-7-4-8-21-14)20-15-11-5-2-3-6-12(11)18-9-13(15)19-16(20)17/h2-10H,1H3,(H2,17,19). The Balaban J connectivity index is 2.08. The van der Waals surface area contributed by atoms with Crippen LogP contribution in [0.15, 0.2) is 48.0 Å². The van der Waals surface area contributed by atoms with Crippen molar-refractivity contribution >= 4 is 39.2 Å². The summed E-state index contributed by atoms with van der Waals surface area (Å²) in [6.45, 7) is 2.15. The Bertz CT molecular complexity index is 924. The average Bonchev–Trinajstić information content (AvgIpc) is 3.13. The van der Waals surface area contributed by atoms with E-state index in [1.165, 1.54) is 4.88 Å². The lowest BCUT2D eigenvalue weighted by molar-refractivity contribution is 0.681. The molecule has 0 aliphatic carbocycles. The molecule has 1 aromatic carbocycles. The van der Waals surface area contributed by atoms with Crippen molar-refractivity contribution in [3.8, 4) is 0 Å². The molecule has 0 saturated heterocycles. The van der Waals surface area contributed by atoms with Crippen molar-refractivity contribution in [1.82, 2.24) is 14.5 Å². The first-order valence-electron chi connectivity index (χ1n) is 6.80. The molecule has 104 valence electrons. The smallest absolute Gasteiger partial charge is 0.201 e. The fourth-order valence-electron chi connectivity index (χ4n) is 2.79. The van der Waals surface area contributed by atoms with Gasteiger partial charge in [-0.05, 0) is 24.4 Å². The maximum absolute atomic E-state index is 6.18. The Morgan fingerprint density at radius 2 is 2.00 bits per heavy atom. The monoisotopic (exact) mass is 294 g/mol. The van der Waals surface area contributed by atoms with E-state index in [1.807, 2.05) is 18.2 Å². The first-order chi connectivity index (χ1) is 10.3. The van der Waals surface area contributed by atoms with E-state index in [0.717, 1.165) is 21.9 Å². The molecule has 0 amide bonds. The predicted octanol–water partition coefficient (Wildman–Crippen LogP) is 3.84. The van der Waals surface area contributed by atoms with E-state index in [4.69, 9.17) is 5.73 Å². The highest BCUT2D eigenvalue weighted by atomic mass is 32.1. The number of benzene rings is 1. The number of pyridine rings is 1. The second-order valence-corrected chi connectivity index (χ2v) is 6.02. The average molecular weight is 294 g/mol. The van der Waals surface area contributed by atoms with Crippen LogP contribution in [0.5, 0.6) is 0 Å². The van der Waals surface area contributed by atoms with E-state index in [0.29, 0.717) is 5.95 Å². The SMILES string of the molecule is CC(c1cccs1)n1c(N)nc2cnc3ccccc3c21. The molecule has 1 unspecified atom stereocenters. The van der Waals surface area contributed by atoms with Crippen molar-refractivity contribution < 1.29 is 0 Å². The molecule has 3 heterocycles. The predicted molar refractivity (Wildman–Crippen MR) is 87.6 cm³/mol. The summed E-state index contributed by atoms with van der Waals surface area (Å²) in [5.74, 6) is 0.532. The Hall–Kier alpha value is -2.40. The number of fused-ring (bicyclic) bond motifs is 3. The number of para-hydroxylation sites is 1. The summed E-state index contributed by atoms with van der Waals surface area (Å²) < 4.78 is 2.10. The van der Waals surface area contributed by atoms with Crippen molar-refractivity contribution in [2.75, 3.05) is 5.73 Å². The number of nitrogens with zero attached hydrogens (tertiary/aromatic N) is 3. The fraction of sp³-hybridized carbons (Fsp3) is 0.125. The Labute approximate surface area is 125 Å². The number of rotatable bonds is 2. The summed E-state index contributed by atoms with van der Waals surface area (Å²) in [4.78, 5) is 10.2.